The van der Waals surface area contributed by atoms with Gasteiger partial charge < -0.3 is 16.8 Å². The molecule has 2 atom stereocenters. The van der Waals surface area contributed by atoms with Crippen LogP contribution in [0.25, 0.3) is 0 Å². The molecule has 0 aromatic heterocycles. The summed E-state index contributed by atoms with van der Waals surface area (Å²) in [6.07, 6.45) is 2.54. The molecule has 2 unspecified atom stereocenters. The Morgan fingerprint density at radius 2 is 2.14 bits per heavy atom. The first kappa shape index (κ1) is 13.4. The Bertz CT molecular complexity index is 161. The van der Waals surface area contributed by atoms with Crippen LogP contribution in [0.1, 0.15) is 33.1 Å². The molecule has 0 rings (SSSR count). The van der Waals surface area contributed by atoms with Gasteiger partial charge in [0, 0.05) is 6.54 Å². The van der Waals surface area contributed by atoms with Crippen molar-refractivity contribution in [3.8, 4) is 0 Å². The molecule has 0 saturated carbocycles. The average Bonchev–Trinajstić information content (AvgIpc) is 2.21. The molecule has 1 amide bonds. The minimum Gasteiger partial charge on any atom is -0.354 e. The molecular weight excluding hydrogens is 178 g/mol. The number of hydrogen-bond donors (Lipinski definition) is 3. The van der Waals surface area contributed by atoms with Gasteiger partial charge in [-0.15, -0.1) is 0 Å². The predicted molar refractivity (Wildman–Crippen MR) is 58.7 cm³/mol. The lowest BCUT2D eigenvalue weighted by molar-refractivity contribution is -0.122. The smallest absolute Gasteiger partial charge is 0.236 e. The van der Waals surface area contributed by atoms with Gasteiger partial charge in [-0.2, -0.15) is 0 Å². The first-order valence-electron chi connectivity index (χ1n) is 5.35. The maximum absolute atomic E-state index is 11.4. The topological polar surface area (TPSA) is 81.1 Å². The molecule has 0 saturated heterocycles. The first-order valence-corrected chi connectivity index (χ1v) is 5.35. The number of carbonyl (C=O) groups excluding carboxylic acids is 1. The van der Waals surface area contributed by atoms with Gasteiger partial charge in [0.1, 0.15) is 0 Å². The van der Waals surface area contributed by atoms with E-state index in [1.165, 1.54) is 0 Å². The van der Waals surface area contributed by atoms with Crippen molar-refractivity contribution in [1.29, 1.82) is 0 Å². The summed E-state index contributed by atoms with van der Waals surface area (Å²) in [6, 6.07) is -0.400. The summed E-state index contributed by atoms with van der Waals surface area (Å²) in [6.45, 7) is 5.51. The second kappa shape index (κ2) is 7.76. The largest absolute Gasteiger partial charge is 0.354 e. The third-order valence-electron chi connectivity index (χ3n) is 2.38. The molecule has 0 radical (unpaired) electrons. The van der Waals surface area contributed by atoms with Gasteiger partial charge in [0.05, 0.1) is 6.04 Å². The van der Waals surface area contributed by atoms with Gasteiger partial charge in [-0.3, -0.25) is 4.79 Å². The molecule has 0 fully saturated rings. The van der Waals surface area contributed by atoms with E-state index in [2.05, 4.69) is 19.2 Å². The van der Waals surface area contributed by atoms with E-state index in [4.69, 9.17) is 11.5 Å². The van der Waals surface area contributed by atoms with Gasteiger partial charge in [0.25, 0.3) is 0 Å². The maximum Gasteiger partial charge on any atom is 0.236 e. The van der Waals surface area contributed by atoms with Crippen molar-refractivity contribution < 1.29 is 4.79 Å². The van der Waals surface area contributed by atoms with E-state index in [0.717, 1.165) is 12.8 Å². The molecule has 0 aliphatic heterocycles. The Labute approximate surface area is 86.4 Å². The summed E-state index contributed by atoms with van der Waals surface area (Å²) in [5.74, 6) is 0.458. The molecule has 4 nitrogen and oxygen atoms in total. The second-order valence-corrected chi connectivity index (χ2v) is 3.80. The number of hydrogen-bond acceptors (Lipinski definition) is 3. The van der Waals surface area contributed by atoms with Crippen LogP contribution in [0.4, 0.5) is 0 Å². The van der Waals surface area contributed by atoms with Crippen LogP contribution in [-0.2, 0) is 4.79 Å². The van der Waals surface area contributed by atoms with Crippen LogP contribution >= 0.6 is 0 Å². The highest BCUT2D eigenvalue weighted by atomic mass is 16.2. The fourth-order valence-electron chi connectivity index (χ4n) is 1.02. The first-order chi connectivity index (χ1) is 6.61. The Hall–Kier alpha value is -0.610. The molecule has 5 N–H and O–H groups in total. The zero-order valence-electron chi connectivity index (χ0n) is 9.25. The van der Waals surface area contributed by atoms with Crippen LogP contribution in [0.5, 0.6) is 0 Å². The van der Waals surface area contributed by atoms with Gasteiger partial charge in [-0.05, 0) is 25.3 Å². The molecule has 0 spiro atoms. The van der Waals surface area contributed by atoms with Crippen LogP contribution < -0.4 is 16.8 Å². The van der Waals surface area contributed by atoms with Gasteiger partial charge in [0.2, 0.25) is 5.91 Å². The third kappa shape index (κ3) is 5.94. The van der Waals surface area contributed by atoms with Crippen LogP contribution in [-0.4, -0.2) is 25.0 Å². The molecule has 0 bridgehead atoms. The van der Waals surface area contributed by atoms with Crippen LogP contribution in [0.3, 0.4) is 0 Å². The van der Waals surface area contributed by atoms with Gasteiger partial charge in [-0.25, -0.2) is 0 Å². The van der Waals surface area contributed by atoms with E-state index >= 15 is 0 Å². The molecule has 0 aromatic rings. The van der Waals surface area contributed by atoms with Crippen molar-refractivity contribution in [1.82, 2.24) is 5.32 Å². The molecular formula is C10H23N3O. The molecule has 84 valence electrons. The summed E-state index contributed by atoms with van der Waals surface area (Å²) in [5, 5.41) is 2.84. The van der Waals surface area contributed by atoms with Crippen molar-refractivity contribution in [3.63, 3.8) is 0 Å². The zero-order valence-corrected chi connectivity index (χ0v) is 9.25. The highest BCUT2D eigenvalue weighted by Gasteiger charge is 2.12. The Morgan fingerprint density at radius 1 is 1.50 bits per heavy atom. The van der Waals surface area contributed by atoms with Gasteiger partial charge >= 0.3 is 0 Å². The van der Waals surface area contributed by atoms with Crippen molar-refractivity contribution in [2.45, 2.75) is 39.2 Å². The Morgan fingerprint density at radius 3 is 2.64 bits per heavy atom. The van der Waals surface area contributed by atoms with Crippen molar-refractivity contribution >= 4 is 5.91 Å². The lowest BCUT2D eigenvalue weighted by Crippen LogP contribution is -2.42. The summed E-state index contributed by atoms with van der Waals surface area (Å²) >= 11 is 0. The minimum absolute atomic E-state index is 0.0567. The van der Waals surface area contributed by atoms with Crippen LogP contribution in [0.2, 0.25) is 0 Å². The lowest BCUT2D eigenvalue weighted by Gasteiger charge is -2.14. The van der Waals surface area contributed by atoms with Gasteiger partial charge in [0.15, 0.2) is 0 Å². The van der Waals surface area contributed by atoms with Crippen molar-refractivity contribution in [3.05, 3.63) is 0 Å². The highest BCUT2D eigenvalue weighted by molar-refractivity contribution is 5.81. The summed E-state index contributed by atoms with van der Waals surface area (Å²) < 4.78 is 0. The average molecular weight is 201 g/mol. The predicted octanol–water partition coefficient (Wildman–Crippen LogP) is 0.215. The molecule has 14 heavy (non-hydrogen) atoms. The standard InChI is InChI=1S/C10H23N3O/c1-3-8(2)7-13-10(14)9(12)5-4-6-11/h8-9H,3-7,11-12H2,1-2H3,(H,13,14). The molecule has 0 heterocycles. The molecule has 0 aliphatic carbocycles. The van der Waals surface area contributed by atoms with Crippen molar-refractivity contribution in [2.75, 3.05) is 13.1 Å². The summed E-state index contributed by atoms with van der Waals surface area (Å²) in [7, 11) is 0. The normalized spacial score (nSPS) is 14.9. The number of rotatable bonds is 7. The molecule has 0 aromatic carbocycles. The van der Waals surface area contributed by atoms with E-state index in [0.29, 0.717) is 25.4 Å². The van der Waals surface area contributed by atoms with E-state index < -0.39 is 6.04 Å². The third-order valence-corrected chi connectivity index (χ3v) is 2.38. The fraction of sp³-hybridized carbons (Fsp3) is 0.900. The lowest BCUT2D eigenvalue weighted by atomic mass is 10.1. The Kier molecular flexibility index (Phi) is 7.42. The monoisotopic (exact) mass is 201 g/mol. The molecule has 4 heteroatoms. The SMILES string of the molecule is CCC(C)CNC(=O)C(N)CCCN. The van der Waals surface area contributed by atoms with E-state index in [1.807, 2.05) is 0 Å². The summed E-state index contributed by atoms with van der Waals surface area (Å²) in [5.41, 5.74) is 11.0. The zero-order chi connectivity index (χ0) is 11.0. The minimum atomic E-state index is -0.400. The Balaban J connectivity index is 3.61. The van der Waals surface area contributed by atoms with Crippen LogP contribution in [0.15, 0.2) is 0 Å². The number of amides is 1. The quantitative estimate of drug-likeness (QED) is 0.551. The maximum atomic E-state index is 11.4. The van der Waals surface area contributed by atoms with E-state index in [9.17, 15) is 4.79 Å². The number of nitrogens with two attached hydrogens (primary N) is 2. The van der Waals surface area contributed by atoms with Gasteiger partial charge in [-0.1, -0.05) is 20.3 Å². The number of nitrogens with one attached hydrogen (secondary N) is 1. The van der Waals surface area contributed by atoms with Crippen LogP contribution in [0, 0.1) is 5.92 Å². The molecule has 0 aliphatic rings. The van der Waals surface area contributed by atoms with Crippen molar-refractivity contribution in [2.24, 2.45) is 17.4 Å². The summed E-state index contributed by atoms with van der Waals surface area (Å²) in [4.78, 5) is 11.4. The number of carbonyl (C=O) groups is 1. The van der Waals surface area contributed by atoms with E-state index in [1.54, 1.807) is 0 Å². The van der Waals surface area contributed by atoms with E-state index in [-0.39, 0.29) is 5.91 Å². The second-order valence-electron chi connectivity index (χ2n) is 3.80. The fourth-order valence-corrected chi connectivity index (χ4v) is 1.02. The highest BCUT2D eigenvalue weighted by Crippen LogP contribution is 1.98.